The molecule has 1 atom stereocenters. The molecule has 0 aromatic heterocycles. The zero-order chi connectivity index (χ0) is 16.3. The summed E-state index contributed by atoms with van der Waals surface area (Å²) in [6, 6.07) is 7.12. The highest BCUT2D eigenvalue weighted by Gasteiger charge is 2.57. The topological polar surface area (TPSA) is 70.2 Å². The van der Waals surface area contributed by atoms with Gasteiger partial charge >= 0.3 is 0 Å². The quantitative estimate of drug-likeness (QED) is 0.728. The lowest BCUT2D eigenvalue weighted by atomic mass is 9.91. The summed E-state index contributed by atoms with van der Waals surface area (Å²) in [6.07, 6.45) is 4.72. The first-order valence-corrected chi connectivity index (χ1v) is 8.16. The van der Waals surface area contributed by atoms with E-state index < -0.39 is 0 Å². The molecule has 23 heavy (non-hydrogen) atoms. The van der Waals surface area contributed by atoms with Gasteiger partial charge in [0.2, 0.25) is 5.91 Å². The number of hydrogen-bond donors (Lipinski definition) is 3. The summed E-state index contributed by atoms with van der Waals surface area (Å²) in [4.78, 5) is 24.7. The molecule has 1 saturated heterocycles. The van der Waals surface area contributed by atoms with Crippen LogP contribution in [0.5, 0.6) is 0 Å². The van der Waals surface area contributed by atoms with Gasteiger partial charge in [0.05, 0.1) is 11.3 Å². The molecule has 5 heteroatoms. The summed E-state index contributed by atoms with van der Waals surface area (Å²) in [7, 11) is 0. The summed E-state index contributed by atoms with van der Waals surface area (Å²) in [5, 5.41) is 9.04. The van der Waals surface area contributed by atoms with Crippen molar-refractivity contribution in [2.24, 2.45) is 11.3 Å². The maximum absolute atomic E-state index is 12.6. The van der Waals surface area contributed by atoms with Crippen molar-refractivity contribution < 1.29 is 9.59 Å². The maximum atomic E-state index is 12.6. The number of anilines is 1. The van der Waals surface area contributed by atoms with Crippen LogP contribution in [0, 0.1) is 11.3 Å². The molecule has 122 valence electrons. The average molecular weight is 313 g/mol. The van der Waals surface area contributed by atoms with Crippen LogP contribution in [-0.4, -0.2) is 31.4 Å². The van der Waals surface area contributed by atoms with Crippen molar-refractivity contribution in [2.45, 2.75) is 19.3 Å². The van der Waals surface area contributed by atoms with E-state index in [0.29, 0.717) is 17.8 Å². The number of hydrogen-bond acceptors (Lipinski definition) is 3. The molecule has 1 spiro atoms. The Morgan fingerprint density at radius 2 is 2.04 bits per heavy atom. The van der Waals surface area contributed by atoms with Crippen molar-refractivity contribution in [3.05, 3.63) is 42.5 Å². The fraction of sp³-hybridized carbons (Fsp3) is 0.444. The van der Waals surface area contributed by atoms with E-state index in [2.05, 4.69) is 22.5 Å². The molecule has 3 rings (SSSR count). The van der Waals surface area contributed by atoms with E-state index in [-0.39, 0.29) is 23.1 Å². The Labute approximate surface area is 136 Å². The summed E-state index contributed by atoms with van der Waals surface area (Å²) in [5.41, 5.74) is 1.26. The lowest BCUT2D eigenvalue weighted by molar-refractivity contribution is -0.118. The van der Waals surface area contributed by atoms with E-state index in [9.17, 15) is 9.59 Å². The van der Waals surface area contributed by atoms with Gasteiger partial charge in [-0.05, 0) is 49.9 Å². The van der Waals surface area contributed by atoms with Gasteiger partial charge in [0.1, 0.15) is 0 Å². The van der Waals surface area contributed by atoms with Crippen LogP contribution in [0.15, 0.2) is 36.9 Å². The highest BCUT2D eigenvalue weighted by molar-refractivity contribution is 6.04. The van der Waals surface area contributed by atoms with Gasteiger partial charge < -0.3 is 16.0 Å². The van der Waals surface area contributed by atoms with Crippen molar-refractivity contribution in [3.63, 3.8) is 0 Å². The van der Waals surface area contributed by atoms with E-state index in [1.807, 2.05) is 6.07 Å². The van der Waals surface area contributed by atoms with Gasteiger partial charge in [-0.1, -0.05) is 18.2 Å². The van der Waals surface area contributed by atoms with Gasteiger partial charge in [0.25, 0.3) is 5.91 Å². The summed E-state index contributed by atoms with van der Waals surface area (Å²) >= 11 is 0. The minimum absolute atomic E-state index is 0.0378. The van der Waals surface area contributed by atoms with Gasteiger partial charge in [-0.2, -0.15) is 0 Å². The van der Waals surface area contributed by atoms with Crippen molar-refractivity contribution >= 4 is 17.5 Å². The number of benzene rings is 1. The Morgan fingerprint density at radius 3 is 2.78 bits per heavy atom. The van der Waals surface area contributed by atoms with E-state index in [4.69, 9.17) is 0 Å². The van der Waals surface area contributed by atoms with Crippen molar-refractivity contribution in [1.29, 1.82) is 0 Å². The number of nitrogens with one attached hydrogen (secondary N) is 3. The molecule has 1 aromatic rings. The van der Waals surface area contributed by atoms with Crippen molar-refractivity contribution in [3.8, 4) is 0 Å². The van der Waals surface area contributed by atoms with E-state index >= 15 is 0 Å². The Morgan fingerprint density at radius 1 is 1.30 bits per heavy atom. The predicted octanol–water partition coefficient (Wildman–Crippen LogP) is 1.93. The normalized spacial score (nSPS) is 21.5. The standard InChI is InChI=1S/C18H23N3O2/c1-2-9-20-16(22)13-5-3-4-6-15(13)21-17(23)14-12-18(14)7-10-19-11-8-18/h2-6,14,19H,1,7-12H2,(H,20,22)(H,21,23). The summed E-state index contributed by atoms with van der Waals surface area (Å²) < 4.78 is 0. The fourth-order valence-electron chi connectivity index (χ4n) is 3.47. The predicted molar refractivity (Wildman–Crippen MR) is 90.2 cm³/mol. The van der Waals surface area contributed by atoms with Crippen molar-refractivity contribution in [1.82, 2.24) is 10.6 Å². The number of rotatable bonds is 5. The summed E-state index contributed by atoms with van der Waals surface area (Å²) in [6.45, 7) is 5.97. The minimum atomic E-state index is -0.201. The van der Waals surface area contributed by atoms with E-state index in [1.165, 1.54) is 0 Å². The molecule has 1 heterocycles. The first kappa shape index (κ1) is 15.7. The SMILES string of the molecule is C=CCNC(=O)c1ccccc1NC(=O)C1CC12CCNCC2. The van der Waals surface area contributed by atoms with E-state index in [1.54, 1.807) is 24.3 Å². The Bertz CT molecular complexity index is 620. The molecule has 1 unspecified atom stereocenters. The molecule has 1 aromatic carbocycles. The van der Waals surface area contributed by atoms with Crippen LogP contribution in [0.4, 0.5) is 5.69 Å². The monoisotopic (exact) mass is 313 g/mol. The van der Waals surface area contributed by atoms with Crippen LogP contribution in [-0.2, 0) is 4.79 Å². The lowest BCUT2D eigenvalue weighted by Gasteiger charge is -2.23. The molecule has 5 nitrogen and oxygen atoms in total. The molecule has 1 saturated carbocycles. The molecular weight excluding hydrogens is 290 g/mol. The number of amides is 2. The second-order valence-electron chi connectivity index (χ2n) is 6.40. The van der Waals surface area contributed by atoms with Gasteiger partial charge in [-0.3, -0.25) is 9.59 Å². The molecule has 2 aliphatic rings. The molecule has 0 radical (unpaired) electrons. The smallest absolute Gasteiger partial charge is 0.253 e. The van der Waals surface area contributed by atoms with Crippen LogP contribution in [0.25, 0.3) is 0 Å². The molecule has 1 aliphatic carbocycles. The number of piperidine rings is 1. The average Bonchev–Trinajstić information content (AvgIpc) is 3.27. The highest BCUT2D eigenvalue weighted by atomic mass is 16.2. The third-order valence-electron chi connectivity index (χ3n) is 4.94. The first-order valence-electron chi connectivity index (χ1n) is 8.16. The van der Waals surface area contributed by atoms with Crippen LogP contribution in [0.3, 0.4) is 0 Å². The third kappa shape index (κ3) is 3.29. The zero-order valence-electron chi connectivity index (χ0n) is 13.2. The van der Waals surface area contributed by atoms with Crippen LogP contribution < -0.4 is 16.0 Å². The molecule has 2 fully saturated rings. The first-order chi connectivity index (χ1) is 11.2. The second kappa shape index (κ2) is 6.54. The van der Waals surface area contributed by atoms with E-state index in [0.717, 1.165) is 32.4 Å². The van der Waals surface area contributed by atoms with Crippen molar-refractivity contribution in [2.75, 3.05) is 25.0 Å². The third-order valence-corrected chi connectivity index (χ3v) is 4.94. The largest absolute Gasteiger partial charge is 0.349 e. The van der Waals surface area contributed by atoms with Gasteiger partial charge in [-0.15, -0.1) is 6.58 Å². The maximum Gasteiger partial charge on any atom is 0.253 e. The minimum Gasteiger partial charge on any atom is -0.349 e. The van der Waals surface area contributed by atoms with Gasteiger partial charge in [-0.25, -0.2) is 0 Å². The van der Waals surface area contributed by atoms with Crippen LogP contribution in [0.1, 0.15) is 29.6 Å². The molecule has 3 N–H and O–H groups in total. The van der Waals surface area contributed by atoms with Crippen LogP contribution in [0.2, 0.25) is 0 Å². The molecule has 2 amide bonds. The Hall–Kier alpha value is -2.14. The Kier molecular flexibility index (Phi) is 4.48. The van der Waals surface area contributed by atoms with Crippen LogP contribution >= 0.6 is 0 Å². The molecular formula is C18H23N3O2. The zero-order valence-corrected chi connectivity index (χ0v) is 13.2. The lowest BCUT2D eigenvalue weighted by Crippen LogP contribution is -2.32. The van der Waals surface area contributed by atoms with Gasteiger partial charge in [0, 0.05) is 12.5 Å². The number of carbonyl (C=O) groups excluding carboxylic acids is 2. The molecule has 0 bridgehead atoms. The van der Waals surface area contributed by atoms with Gasteiger partial charge in [0.15, 0.2) is 0 Å². The Balaban J connectivity index is 1.67. The summed E-state index contributed by atoms with van der Waals surface area (Å²) in [5.74, 6) is -0.0852. The highest BCUT2D eigenvalue weighted by Crippen LogP contribution is 2.58. The number of para-hydroxylation sites is 1. The number of carbonyl (C=O) groups is 2. The fourth-order valence-corrected chi connectivity index (χ4v) is 3.47. The molecule has 1 aliphatic heterocycles. The second-order valence-corrected chi connectivity index (χ2v) is 6.40.